The summed E-state index contributed by atoms with van der Waals surface area (Å²) in [6.45, 7) is 5.49. The highest BCUT2D eigenvalue weighted by atomic mass is 16.3. The molecule has 23 heavy (non-hydrogen) atoms. The number of rotatable bonds is 5. The predicted octanol–water partition coefficient (Wildman–Crippen LogP) is 3.02. The van der Waals surface area contributed by atoms with Crippen molar-refractivity contribution in [1.29, 1.82) is 0 Å². The fourth-order valence-corrected chi connectivity index (χ4v) is 4.20. The molecule has 2 fully saturated rings. The van der Waals surface area contributed by atoms with Gasteiger partial charge in [0.05, 0.1) is 5.69 Å². The van der Waals surface area contributed by atoms with Gasteiger partial charge in [0.15, 0.2) is 0 Å². The minimum absolute atomic E-state index is 0.134. The van der Waals surface area contributed by atoms with Crippen LogP contribution in [0.3, 0.4) is 0 Å². The van der Waals surface area contributed by atoms with Crippen molar-refractivity contribution < 1.29 is 5.11 Å². The van der Waals surface area contributed by atoms with E-state index >= 15 is 0 Å². The van der Waals surface area contributed by atoms with E-state index in [1.54, 1.807) is 0 Å². The van der Waals surface area contributed by atoms with Crippen molar-refractivity contribution in [3.05, 3.63) is 35.8 Å². The van der Waals surface area contributed by atoms with Crippen LogP contribution in [0.25, 0.3) is 5.65 Å². The van der Waals surface area contributed by atoms with Crippen LogP contribution in [0.15, 0.2) is 24.5 Å². The van der Waals surface area contributed by atoms with Gasteiger partial charge in [-0.15, -0.1) is 0 Å². The SMILES string of the molecule is Cc1ccc2nc(CN3CCC[C@](CO)(CC4CC4)C3)cn2c1. The van der Waals surface area contributed by atoms with Gasteiger partial charge in [0.2, 0.25) is 0 Å². The number of imidazole rings is 1. The second-order valence-electron chi connectivity index (χ2n) is 7.82. The Kier molecular flexibility index (Phi) is 3.90. The first kappa shape index (κ1) is 15.2. The number of aryl methyl sites for hydroxylation is 1. The maximum Gasteiger partial charge on any atom is 0.137 e. The van der Waals surface area contributed by atoms with Crippen LogP contribution in [0.2, 0.25) is 0 Å². The van der Waals surface area contributed by atoms with E-state index in [-0.39, 0.29) is 5.41 Å². The van der Waals surface area contributed by atoms with Crippen LogP contribution in [0.4, 0.5) is 0 Å². The molecule has 3 heterocycles. The molecule has 1 aliphatic heterocycles. The lowest BCUT2D eigenvalue weighted by molar-refractivity contribution is 0.0176. The number of fused-ring (bicyclic) bond motifs is 1. The van der Waals surface area contributed by atoms with E-state index in [1.807, 2.05) is 0 Å². The number of aromatic nitrogens is 2. The molecule has 0 unspecified atom stereocenters. The minimum Gasteiger partial charge on any atom is -0.396 e. The van der Waals surface area contributed by atoms with Crippen LogP contribution in [-0.4, -0.2) is 39.1 Å². The molecule has 1 atom stereocenters. The Bertz CT molecular complexity index is 691. The third-order valence-corrected chi connectivity index (χ3v) is 5.53. The molecule has 1 saturated heterocycles. The fraction of sp³-hybridized carbons (Fsp3) is 0.632. The average Bonchev–Trinajstić information content (AvgIpc) is 3.25. The maximum absolute atomic E-state index is 10.0. The summed E-state index contributed by atoms with van der Waals surface area (Å²) in [5.74, 6) is 0.875. The predicted molar refractivity (Wildman–Crippen MR) is 91.3 cm³/mol. The number of likely N-dealkylation sites (tertiary alicyclic amines) is 1. The lowest BCUT2D eigenvalue weighted by Crippen LogP contribution is -2.45. The van der Waals surface area contributed by atoms with Gasteiger partial charge >= 0.3 is 0 Å². The summed E-state index contributed by atoms with van der Waals surface area (Å²) in [6, 6.07) is 4.19. The normalized spacial score (nSPS) is 26.0. The second kappa shape index (κ2) is 5.91. The molecule has 0 spiro atoms. The number of pyridine rings is 1. The molecule has 0 bridgehead atoms. The Hall–Kier alpha value is -1.39. The standard InChI is InChI=1S/C19H27N3O/c1-15-3-6-18-20-17(12-22(18)10-15)11-21-8-2-7-19(13-21,14-23)9-16-4-5-16/h3,6,10,12,16,23H,2,4-5,7-9,11,13-14H2,1H3/t19-/m0/s1. The van der Waals surface area contributed by atoms with E-state index < -0.39 is 0 Å². The number of aliphatic hydroxyl groups excluding tert-OH is 1. The highest BCUT2D eigenvalue weighted by molar-refractivity contribution is 5.41. The third-order valence-electron chi connectivity index (χ3n) is 5.53. The molecule has 2 aliphatic rings. The maximum atomic E-state index is 10.0. The first-order chi connectivity index (χ1) is 11.2. The summed E-state index contributed by atoms with van der Waals surface area (Å²) >= 11 is 0. The van der Waals surface area contributed by atoms with Gasteiger partial charge < -0.3 is 9.51 Å². The van der Waals surface area contributed by atoms with Gasteiger partial charge in [-0.2, -0.15) is 0 Å². The smallest absolute Gasteiger partial charge is 0.137 e. The van der Waals surface area contributed by atoms with Gasteiger partial charge in [0.1, 0.15) is 5.65 Å². The monoisotopic (exact) mass is 313 g/mol. The molecule has 4 heteroatoms. The highest BCUT2D eigenvalue weighted by Crippen LogP contribution is 2.44. The van der Waals surface area contributed by atoms with Crippen LogP contribution < -0.4 is 0 Å². The molecule has 124 valence electrons. The summed E-state index contributed by atoms with van der Waals surface area (Å²) in [5, 5.41) is 10.0. The third kappa shape index (κ3) is 3.29. The average molecular weight is 313 g/mol. The van der Waals surface area contributed by atoms with Crippen LogP contribution in [0, 0.1) is 18.3 Å². The number of hydrogen-bond donors (Lipinski definition) is 1. The van der Waals surface area contributed by atoms with Gasteiger partial charge in [-0.1, -0.05) is 18.9 Å². The molecule has 0 aromatic carbocycles. The van der Waals surface area contributed by atoms with Gasteiger partial charge in [-0.05, 0) is 50.3 Å². The van der Waals surface area contributed by atoms with Crippen molar-refractivity contribution >= 4 is 5.65 Å². The Morgan fingerprint density at radius 3 is 2.96 bits per heavy atom. The Labute approximate surface area is 138 Å². The van der Waals surface area contributed by atoms with Crippen LogP contribution in [-0.2, 0) is 6.54 Å². The largest absolute Gasteiger partial charge is 0.396 e. The van der Waals surface area contributed by atoms with Gasteiger partial charge in [0, 0.05) is 37.5 Å². The molecule has 2 aromatic heterocycles. The quantitative estimate of drug-likeness (QED) is 0.922. The summed E-state index contributed by atoms with van der Waals surface area (Å²) in [5.41, 5.74) is 3.54. The number of piperidine rings is 1. The number of hydrogen-bond acceptors (Lipinski definition) is 3. The number of aliphatic hydroxyl groups is 1. The van der Waals surface area contributed by atoms with Crippen LogP contribution in [0.5, 0.6) is 0 Å². The first-order valence-corrected chi connectivity index (χ1v) is 8.93. The lowest BCUT2D eigenvalue weighted by atomic mass is 9.76. The molecule has 1 saturated carbocycles. The van der Waals surface area contributed by atoms with E-state index in [0.29, 0.717) is 6.61 Å². The second-order valence-corrected chi connectivity index (χ2v) is 7.82. The Balaban J connectivity index is 1.48. The zero-order chi connectivity index (χ0) is 15.9. The topological polar surface area (TPSA) is 40.8 Å². The van der Waals surface area contributed by atoms with E-state index in [2.05, 4.69) is 40.8 Å². The number of nitrogens with zero attached hydrogens (tertiary/aromatic N) is 3. The van der Waals surface area contributed by atoms with E-state index in [9.17, 15) is 5.11 Å². The van der Waals surface area contributed by atoms with Crippen molar-refractivity contribution in [2.24, 2.45) is 11.3 Å². The zero-order valence-electron chi connectivity index (χ0n) is 14.0. The summed E-state index contributed by atoms with van der Waals surface area (Å²) in [4.78, 5) is 7.25. The van der Waals surface area contributed by atoms with Gasteiger partial charge in [0.25, 0.3) is 0 Å². The molecular weight excluding hydrogens is 286 g/mol. The molecular formula is C19H27N3O. The lowest BCUT2D eigenvalue weighted by Gasteiger charge is -2.42. The van der Waals surface area contributed by atoms with Gasteiger partial charge in [-0.25, -0.2) is 4.98 Å². The van der Waals surface area contributed by atoms with Gasteiger partial charge in [-0.3, -0.25) is 4.90 Å². The first-order valence-electron chi connectivity index (χ1n) is 8.93. The minimum atomic E-state index is 0.134. The summed E-state index contributed by atoms with van der Waals surface area (Å²) in [7, 11) is 0. The Morgan fingerprint density at radius 2 is 2.17 bits per heavy atom. The molecule has 0 radical (unpaired) electrons. The molecule has 2 aromatic rings. The van der Waals surface area contributed by atoms with Crippen molar-refractivity contribution in [1.82, 2.24) is 14.3 Å². The molecule has 1 N–H and O–H groups in total. The zero-order valence-corrected chi connectivity index (χ0v) is 14.0. The van der Waals surface area contributed by atoms with E-state index in [4.69, 9.17) is 4.98 Å². The van der Waals surface area contributed by atoms with E-state index in [1.165, 1.54) is 37.7 Å². The van der Waals surface area contributed by atoms with Crippen molar-refractivity contribution in [2.75, 3.05) is 19.7 Å². The van der Waals surface area contributed by atoms with Crippen molar-refractivity contribution in [3.63, 3.8) is 0 Å². The van der Waals surface area contributed by atoms with Crippen molar-refractivity contribution in [2.45, 2.75) is 45.6 Å². The highest BCUT2D eigenvalue weighted by Gasteiger charge is 2.39. The van der Waals surface area contributed by atoms with Crippen LogP contribution >= 0.6 is 0 Å². The molecule has 4 nitrogen and oxygen atoms in total. The molecule has 0 amide bonds. The summed E-state index contributed by atoms with van der Waals surface area (Å²) in [6.07, 6.45) is 10.6. The van der Waals surface area contributed by atoms with E-state index in [0.717, 1.165) is 36.9 Å². The summed E-state index contributed by atoms with van der Waals surface area (Å²) < 4.78 is 2.12. The Morgan fingerprint density at radius 1 is 1.30 bits per heavy atom. The molecule has 1 aliphatic carbocycles. The van der Waals surface area contributed by atoms with Crippen LogP contribution in [0.1, 0.15) is 43.4 Å². The molecule has 4 rings (SSSR count). The van der Waals surface area contributed by atoms with Crippen molar-refractivity contribution in [3.8, 4) is 0 Å². The fourth-order valence-electron chi connectivity index (χ4n) is 4.20.